The number of likely N-dealkylation sites (tertiary alicyclic amines) is 1. The van der Waals surface area contributed by atoms with Crippen molar-refractivity contribution in [2.45, 2.75) is 39.0 Å². The van der Waals surface area contributed by atoms with E-state index in [-0.39, 0.29) is 29.7 Å². The summed E-state index contributed by atoms with van der Waals surface area (Å²) in [6.45, 7) is 3.60. The van der Waals surface area contributed by atoms with Crippen LogP contribution in [-0.2, 0) is 21.3 Å². The van der Waals surface area contributed by atoms with Gasteiger partial charge < -0.3 is 24.2 Å². The van der Waals surface area contributed by atoms with Crippen molar-refractivity contribution in [3.63, 3.8) is 0 Å². The average molecular weight is 600 g/mol. The van der Waals surface area contributed by atoms with Crippen molar-refractivity contribution in [1.29, 1.82) is 0 Å². The van der Waals surface area contributed by atoms with Crippen LogP contribution in [0.25, 0.3) is 11.1 Å². The molecule has 1 aliphatic rings. The van der Waals surface area contributed by atoms with Crippen molar-refractivity contribution in [3.05, 3.63) is 65.1 Å². The molecule has 2 atom stereocenters. The number of carbonyl (C=O) groups is 4. The van der Waals surface area contributed by atoms with Crippen LogP contribution in [0.2, 0.25) is 5.02 Å². The Morgan fingerprint density at radius 2 is 1.90 bits per heavy atom. The maximum atomic E-state index is 13.9. The van der Waals surface area contributed by atoms with Crippen LogP contribution in [0, 0.1) is 0 Å². The standard InChI is InChI=1S/C28H30ClN5O8/c1-4-40-28(39)42-17(2)41-26(36)23-21(15-31-32(23)3)18-9-11-19(12-10-18)25(35)34(24-22(29)8-5-13-30-24)20-7-6-14-33(16-20)27(37)38/h5,8-13,15,17,20H,4,6-7,14,16H2,1-3H3,(H,37,38). The number of ether oxygens (including phenoxy) is 3. The lowest BCUT2D eigenvalue weighted by atomic mass is 10.0. The van der Waals surface area contributed by atoms with E-state index in [0.29, 0.717) is 36.1 Å². The summed E-state index contributed by atoms with van der Waals surface area (Å²) in [5.41, 5.74) is 1.41. The van der Waals surface area contributed by atoms with Crippen LogP contribution in [0.1, 0.15) is 47.5 Å². The smallest absolute Gasteiger partial charge is 0.465 e. The van der Waals surface area contributed by atoms with Gasteiger partial charge in [-0.05, 0) is 49.6 Å². The molecule has 2 aromatic heterocycles. The van der Waals surface area contributed by atoms with Crippen LogP contribution >= 0.6 is 11.6 Å². The number of benzene rings is 1. The zero-order chi connectivity index (χ0) is 30.4. The van der Waals surface area contributed by atoms with Gasteiger partial charge in [-0.25, -0.2) is 19.4 Å². The van der Waals surface area contributed by atoms with Crippen LogP contribution in [0.4, 0.5) is 15.4 Å². The second-order valence-electron chi connectivity index (χ2n) is 9.39. The molecule has 13 nitrogen and oxygen atoms in total. The third-order valence-electron chi connectivity index (χ3n) is 6.59. The number of halogens is 1. The van der Waals surface area contributed by atoms with Gasteiger partial charge in [0.2, 0.25) is 6.29 Å². The molecular formula is C28H30ClN5O8. The number of amides is 2. The summed E-state index contributed by atoms with van der Waals surface area (Å²) in [4.78, 5) is 57.1. The molecule has 3 aromatic rings. The molecule has 3 heterocycles. The Morgan fingerprint density at radius 1 is 1.17 bits per heavy atom. The van der Waals surface area contributed by atoms with Crippen LogP contribution in [-0.4, -0.2) is 80.9 Å². The summed E-state index contributed by atoms with van der Waals surface area (Å²) in [5, 5.41) is 14.0. The Bertz CT molecular complexity index is 1460. The molecule has 1 fully saturated rings. The summed E-state index contributed by atoms with van der Waals surface area (Å²) < 4.78 is 16.2. The highest BCUT2D eigenvalue weighted by molar-refractivity contribution is 6.33. The Labute approximate surface area is 246 Å². The van der Waals surface area contributed by atoms with E-state index in [2.05, 4.69) is 10.1 Å². The number of hydrogen-bond acceptors (Lipinski definition) is 9. The van der Waals surface area contributed by atoms with Crippen LogP contribution in [0.5, 0.6) is 0 Å². The van der Waals surface area contributed by atoms with E-state index in [1.165, 1.54) is 33.8 Å². The van der Waals surface area contributed by atoms with E-state index in [1.54, 1.807) is 50.4 Å². The number of aromatic nitrogens is 3. The highest BCUT2D eigenvalue weighted by Crippen LogP contribution is 2.31. The molecule has 1 saturated heterocycles. The summed E-state index contributed by atoms with van der Waals surface area (Å²) in [5.74, 6) is -0.949. The fraction of sp³-hybridized carbons (Fsp3) is 0.357. The van der Waals surface area contributed by atoms with Gasteiger partial charge in [0.15, 0.2) is 11.5 Å². The monoisotopic (exact) mass is 599 g/mol. The average Bonchev–Trinajstić information content (AvgIpc) is 3.35. The molecule has 2 unspecified atom stereocenters. The van der Waals surface area contributed by atoms with Crippen molar-refractivity contribution in [2.75, 3.05) is 24.6 Å². The second kappa shape index (κ2) is 13.3. The lowest BCUT2D eigenvalue weighted by molar-refractivity contribution is -0.0815. The number of hydrogen-bond donors (Lipinski definition) is 1. The van der Waals surface area contributed by atoms with Gasteiger partial charge in [0.05, 0.1) is 23.9 Å². The Morgan fingerprint density at radius 3 is 2.57 bits per heavy atom. The minimum Gasteiger partial charge on any atom is -0.465 e. The molecule has 0 spiro atoms. The molecule has 4 rings (SSSR count). The first-order chi connectivity index (χ1) is 20.1. The first-order valence-corrected chi connectivity index (χ1v) is 13.6. The third kappa shape index (κ3) is 6.79. The number of carbonyl (C=O) groups excluding carboxylic acids is 3. The van der Waals surface area contributed by atoms with Gasteiger partial charge in [-0.1, -0.05) is 23.7 Å². The maximum absolute atomic E-state index is 13.9. The Hall–Kier alpha value is -4.65. The van der Waals surface area contributed by atoms with E-state index < -0.39 is 36.5 Å². The number of esters is 1. The van der Waals surface area contributed by atoms with Crippen LogP contribution in [0.3, 0.4) is 0 Å². The van der Waals surface area contributed by atoms with Crippen LogP contribution in [0.15, 0.2) is 48.8 Å². The van der Waals surface area contributed by atoms with Gasteiger partial charge in [-0.15, -0.1) is 0 Å². The molecular weight excluding hydrogens is 570 g/mol. The molecule has 42 heavy (non-hydrogen) atoms. The summed E-state index contributed by atoms with van der Waals surface area (Å²) >= 11 is 6.43. The molecule has 1 aliphatic heterocycles. The molecule has 0 saturated carbocycles. The number of carboxylic acid groups (broad SMARTS) is 1. The zero-order valence-electron chi connectivity index (χ0n) is 23.2. The van der Waals surface area contributed by atoms with Gasteiger partial charge in [0, 0.05) is 44.4 Å². The first kappa shape index (κ1) is 30.3. The van der Waals surface area contributed by atoms with E-state index in [0.717, 1.165) is 0 Å². The lowest BCUT2D eigenvalue weighted by Crippen LogP contribution is -2.52. The summed E-state index contributed by atoms with van der Waals surface area (Å²) in [6, 6.07) is 9.28. The largest absolute Gasteiger partial charge is 0.511 e. The third-order valence-corrected chi connectivity index (χ3v) is 6.89. The topological polar surface area (TPSA) is 153 Å². The minimum absolute atomic E-state index is 0.103. The molecule has 0 aliphatic carbocycles. The van der Waals surface area contributed by atoms with Crippen LogP contribution < -0.4 is 4.90 Å². The van der Waals surface area contributed by atoms with Gasteiger partial charge in [0.25, 0.3) is 5.91 Å². The number of rotatable bonds is 8. The number of anilines is 1. The zero-order valence-corrected chi connectivity index (χ0v) is 24.0. The fourth-order valence-corrected chi connectivity index (χ4v) is 4.88. The highest BCUT2D eigenvalue weighted by atomic mass is 35.5. The second-order valence-corrected chi connectivity index (χ2v) is 9.80. The summed E-state index contributed by atoms with van der Waals surface area (Å²) in [6.07, 6.45) is 0.912. The molecule has 1 N–H and O–H groups in total. The van der Waals surface area contributed by atoms with Crippen molar-refractivity contribution >= 4 is 41.5 Å². The van der Waals surface area contributed by atoms with Crippen molar-refractivity contribution in [2.24, 2.45) is 7.05 Å². The first-order valence-electron chi connectivity index (χ1n) is 13.2. The van der Waals surface area contributed by atoms with E-state index in [9.17, 15) is 24.3 Å². The molecule has 2 amide bonds. The SMILES string of the molecule is CCOC(=O)OC(C)OC(=O)c1c(-c2ccc(C(=O)N(c3ncccc3Cl)C3CCCN(C(=O)O)C3)cc2)cnn1C. The van der Waals surface area contributed by atoms with E-state index in [4.69, 9.17) is 25.8 Å². The van der Waals surface area contributed by atoms with E-state index >= 15 is 0 Å². The Kier molecular flexibility index (Phi) is 9.63. The highest BCUT2D eigenvalue weighted by Gasteiger charge is 2.34. The normalized spacial score (nSPS) is 15.4. The van der Waals surface area contributed by atoms with Crippen molar-refractivity contribution in [1.82, 2.24) is 19.7 Å². The predicted octanol–water partition coefficient (Wildman–Crippen LogP) is 4.60. The van der Waals surface area contributed by atoms with Crippen molar-refractivity contribution in [3.8, 4) is 11.1 Å². The van der Waals surface area contributed by atoms with Crippen molar-refractivity contribution < 1.29 is 38.5 Å². The number of pyridine rings is 1. The molecule has 14 heteroatoms. The predicted molar refractivity (Wildman–Crippen MR) is 150 cm³/mol. The molecule has 0 radical (unpaired) electrons. The quantitative estimate of drug-likeness (QED) is 0.287. The fourth-order valence-electron chi connectivity index (χ4n) is 4.67. The summed E-state index contributed by atoms with van der Waals surface area (Å²) in [7, 11) is 1.56. The maximum Gasteiger partial charge on any atom is 0.511 e. The van der Waals surface area contributed by atoms with Gasteiger partial charge >= 0.3 is 18.2 Å². The molecule has 0 bridgehead atoms. The van der Waals surface area contributed by atoms with Gasteiger partial charge in [0.1, 0.15) is 0 Å². The number of aryl methyl sites for hydroxylation is 1. The van der Waals surface area contributed by atoms with Gasteiger partial charge in [-0.2, -0.15) is 5.10 Å². The number of piperidine rings is 1. The minimum atomic E-state index is -1.21. The van der Waals surface area contributed by atoms with Gasteiger partial charge in [-0.3, -0.25) is 14.4 Å². The molecule has 222 valence electrons. The Balaban J connectivity index is 1.59. The van der Waals surface area contributed by atoms with E-state index in [1.807, 2.05) is 0 Å². The lowest BCUT2D eigenvalue weighted by Gasteiger charge is -2.38. The molecule has 1 aromatic carbocycles. The number of nitrogens with zero attached hydrogens (tertiary/aromatic N) is 5.